The molecule has 0 radical (unpaired) electrons. The molecular formula is C8H16N2O. The Morgan fingerprint density at radius 2 is 2.00 bits per heavy atom. The van der Waals surface area contributed by atoms with E-state index in [2.05, 4.69) is 0 Å². The molecule has 0 aliphatic carbocycles. The molecule has 11 heavy (non-hydrogen) atoms. The summed E-state index contributed by atoms with van der Waals surface area (Å²) in [6.45, 7) is 3.60. The van der Waals surface area contributed by atoms with E-state index in [4.69, 9.17) is 5.41 Å². The highest BCUT2D eigenvalue weighted by Crippen LogP contribution is 2.06. The van der Waals surface area contributed by atoms with Gasteiger partial charge in [0.15, 0.2) is 0 Å². The molecule has 0 aromatic carbocycles. The average molecular weight is 156 g/mol. The number of hydrogen-bond acceptors (Lipinski definition) is 2. The first-order valence-corrected chi connectivity index (χ1v) is 3.76. The van der Waals surface area contributed by atoms with Crippen LogP contribution >= 0.6 is 0 Å². The van der Waals surface area contributed by atoms with E-state index in [9.17, 15) is 4.79 Å². The van der Waals surface area contributed by atoms with Gasteiger partial charge < -0.3 is 10.3 Å². The van der Waals surface area contributed by atoms with Crippen LogP contribution in [0.1, 0.15) is 20.3 Å². The van der Waals surface area contributed by atoms with Crippen LogP contribution in [0.3, 0.4) is 0 Å². The molecular weight excluding hydrogens is 140 g/mol. The number of rotatable bonds is 3. The van der Waals surface area contributed by atoms with Crippen LogP contribution in [0.25, 0.3) is 0 Å². The Hall–Kier alpha value is -0.860. The maximum absolute atomic E-state index is 11.3. The number of carbonyl (C=O) groups is 1. The van der Waals surface area contributed by atoms with E-state index in [1.54, 1.807) is 21.0 Å². The fraction of sp³-hybridized carbons (Fsp3) is 0.750. The van der Waals surface area contributed by atoms with Crippen LogP contribution in [0, 0.1) is 11.3 Å². The number of carbonyl (C=O) groups excluding carboxylic acids is 1. The van der Waals surface area contributed by atoms with Gasteiger partial charge in [0.2, 0.25) is 5.91 Å². The summed E-state index contributed by atoms with van der Waals surface area (Å²) in [4.78, 5) is 12.8. The first-order valence-electron chi connectivity index (χ1n) is 3.76. The quantitative estimate of drug-likeness (QED) is 0.612. The molecule has 0 aliphatic heterocycles. The zero-order chi connectivity index (χ0) is 9.02. The van der Waals surface area contributed by atoms with Gasteiger partial charge in [-0.15, -0.1) is 0 Å². The maximum Gasteiger partial charge on any atom is 0.230 e. The summed E-state index contributed by atoms with van der Waals surface area (Å²) in [7, 11) is 3.43. The Labute approximate surface area is 67.9 Å². The molecule has 0 heterocycles. The number of amides is 1. The molecule has 3 nitrogen and oxygen atoms in total. The minimum atomic E-state index is -0.218. The van der Waals surface area contributed by atoms with E-state index in [0.29, 0.717) is 12.1 Å². The molecule has 0 rings (SSSR count). The van der Waals surface area contributed by atoms with Crippen molar-refractivity contribution in [1.29, 1.82) is 5.41 Å². The molecule has 0 aliphatic rings. The lowest BCUT2D eigenvalue weighted by molar-refractivity contribution is -0.130. The molecule has 1 unspecified atom stereocenters. The smallest absolute Gasteiger partial charge is 0.230 e. The number of hydrogen-bond donors (Lipinski definition) is 1. The Balaban J connectivity index is 4.27. The van der Waals surface area contributed by atoms with Gasteiger partial charge in [-0.05, 0) is 13.3 Å². The molecule has 0 saturated carbocycles. The molecule has 1 atom stereocenters. The molecule has 0 aromatic heterocycles. The molecule has 0 bridgehead atoms. The fourth-order valence-electron chi connectivity index (χ4n) is 0.978. The summed E-state index contributed by atoms with van der Waals surface area (Å²) in [6, 6.07) is 0. The molecule has 64 valence electrons. The molecule has 0 aromatic rings. The van der Waals surface area contributed by atoms with Crippen LogP contribution in [-0.2, 0) is 4.79 Å². The Bertz CT molecular complexity index is 163. The number of nitrogens with zero attached hydrogens (tertiary/aromatic N) is 1. The van der Waals surface area contributed by atoms with Crippen molar-refractivity contribution >= 4 is 11.6 Å². The van der Waals surface area contributed by atoms with Gasteiger partial charge in [-0.1, -0.05) is 6.92 Å². The van der Waals surface area contributed by atoms with Crippen molar-refractivity contribution < 1.29 is 4.79 Å². The van der Waals surface area contributed by atoms with Crippen LogP contribution in [0.4, 0.5) is 0 Å². The van der Waals surface area contributed by atoms with E-state index in [-0.39, 0.29) is 11.8 Å². The largest absolute Gasteiger partial charge is 0.348 e. The summed E-state index contributed by atoms with van der Waals surface area (Å²) in [6.07, 6.45) is 0.715. The predicted octanol–water partition coefficient (Wildman–Crippen LogP) is 1.14. The highest BCUT2D eigenvalue weighted by Gasteiger charge is 2.19. The van der Waals surface area contributed by atoms with E-state index in [1.807, 2.05) is 6.92 Å². The van der Waals surface area contributed by atoms with Crippen LogP contribution in [0.15, 0.2) is 0 Å². The minimum absolute atomic E-state index is 0.0278. The van der Waals surface area contributed by atoms with Crippen LogP contribution in [0.5, 0.6) is 0 Å². The van der Waals surface area contributed by atoms with Gasteiger partial charge in [-0.3, -0.25) is 4.79 Å². The lowest BCUT2D eigenvalue weighted by Crippen LogP contribution is -2.32. The van der Waals surface area contributed by atoms with Crippen LogP contribution < -0.4 is 0 Å². The van der Waals surface area contributed by atoms with Crippen LogP contribution in [0.2, 0.25) is 0 Å². The summed E-state index contributed by atoms with van der Waals surface area (Å²) in [5.41, 5.74) is 0.450. The molecule has 1 N–H and O–H groups in total. The topological polar surface area (TPSA) is 44.2 Å². The average Bonchev–Trinajstić information content (AvgIpc) is 1.88. The van der Waals surface area contributed by atoms with Crippen LogP contribution in [-0.4, -0.2) is 30.6 Å². The van der Waals surface area contributed by atoms with Gasteiger partial charge in [-0.25, -0.2) is 0 Å². The zero-order valence-electron chi connectivity index (χ0n) is 7.64. The summed E-state index contributed by atoms with van der Waals surface area (Å²) >= 11 is 0. The number of nitrogens with one attached hydrogen (secondary N) is 1. The van der Waals surface area contributed by atoms with Crippen molar-refractivity contribution in [3.05, 3.63) is 0 Å². The lowest BCUT2D eigenvalue weighted by atomic mass is 10.0. The van der Waals surface area contributed by atoms with Gasteiger partial charge >= 0.3 is 0 Å². The predicted molar refractivity (Wildman–Crippen MR) is 45.9 cm³/mol. The molecule has 0 saturated heterocycles. The molecule has 3 heteroatoms. The monoisotopic (exact) mass is 156 g/mol. The Kier molecular flexibility index (Phi) is 3.79. The summed E-state index contributed by atoms with van der Waals surface area (Å²) in [5.74, 6) is -0.190. The fourth-order valence-corrected chi connectivity index (χ4v) is 0.978. The van der Waals surface area contributed by atoms with Crippen molar-refractivity contribution in [3.63, 3.8) is 0 Å². The molecule has 0 fully saturated rings. The SMILES string of the molecule is CCC(C(C)=N)C(=O)N(C)C. The van der Waals surface area contributed by atoms with Crippen molar-refractivity contribution in [2.75, 3.05) is 14.1 Å². The van der Waals surface area contributed by atoms with E-state index < -0.39 is 0 Å². The standard InChI is InChI=1S/C8H16N2O/c1-5-7(6(2)9)8(11)10(3)4/h7,9H,5H2,1-4H3. The third-order valence-electron chi connectivity index (χ3n) is 1.67. The minimum Gasteiger partial charge on any atom is -0.348 e. The Morgan fingerprint density at radius 1 is 1.55 bits per heavy atom. The lowest BCUT2D eigenvalue weighted by Gasteiger charge is -2.17. The first kappa shape index (κ1) is 10.1. The zero-order valence-corrected chi connectivity index (χ0v) is 7.64. The second kappa shape index (κ2) is 4.11. The summed E-state index contributed by atoms with van der Waals surface area (Å²) in [5, 5.41) is 7.33. The van der Waals surface area contributed by atoms with E-state index in [1.165, 1.54) is 4.90 Å². The van der Waals surface area contributed by atoms with E-state index >= 15 is 0 Å². The highest BCUT2D eigenvalue weighted by atomic mass is 16.2. The van der Waals surface area contributed by atoms with Crippen molar-refractivity contribution in [2.45, 2.75) is 20.3 Å². The first-order chi connectivity index (χ1) is 5.00. The highest BCUT2D eigenvalue weighted by molar-refractivity contribution is 6.01. The van der Waals surface area contributed by atoms with Gasteiger partial charge in [0.1, 0.15) is 0 Å². The van der Waals surface area contributed by atoms with Crippen molar-refractivity contribution in [3.8, 4) is 0 Å². The summed E-state index contributed by atoms with van der Waals surface area (Å²) < 4.78 is 0. The maximum atomic E-state index is 11.3. The second-order valence-electron chi connectivity index (χ2n) is 2.88. The normalized spacial score (nSPS) is 12.4. The van der Waals surface area contributed by atoms with Crippen molar-refractivity contribution in [2.24, 2.45) is 5.92 Å². The van der Waals surface area contributed by atoms with Crippen molar-refractivity contribution in [1.82, 2.24) is 4.90 Å². The Morgan fingerprint density at radius 3 is 2.09 bits per heavy atom. The van der Waals surface area contributed by atoms with Gasteiger partial charge in [0.05, 0.1) is 5.92 Å². The third-order valence-corrected chi connectivity index (χ3v) is 1.67. The van der Waals surface area contributed by atoms with Gasteiger partial charge in [0, 0.05) is 19.8 Å². The molecule has 0 spiro atoms. The second-order valence-corrected chi connectivity index (χ2v) is 2.88. The molecule has 1 amide bonds. The van der Waals surface area contributed by atoms with E-state index in [0.717, 1.165) is 0 Å². The van der Waals surface area contributed by atoms with Gasteiger partial charge in [-0.2, -0.15) is 0 Å². The third kappa shape index (κ3) is 2.70. The van der Waals surface area contributed by atoms with Gasteiger partial charge in [0.25, 0.3) is 0 Å².